The van der Waals surface area contributed by atoms with Crippen LogP contribution < -0.4 is 5.32 Å². The summed E-state index contributed by atoms with van der Waals surface area (Å²) >= 11 is 0. The van der Waals surface area contributed by atoms with E-state index in [0.717, 1.165) is 0 Å². The number of carbonyl (C=O) groups excluding carboxylic acids is 3. The molecule has 1 aromatic carbocycles. The molecule has 1 saturated heterocycles. The van der Waals surface area contributed by atoms with Crippen LogP contribution in [0, 0.1) is 11.8 Å². The first-order valence-electron chi connectivity index (χ1n) is 9.56. The zero-order valence-electron chi connectivity index (χ0n) is 15.8. The smallest absolute Gasteiger partial charge is 0.464 e. The summed E-state index contributed by atoms with van der Waals surface area (Å²) < 4.78 is 21.5. The first-order valence-corrected chi connectivity index (χ1v) is 9.56. The second-order valence-corrected chi connectivity index (χ2v) is 7.20. The van der Waals surface area contributed by atoms with Crippen molar-refractivity contribution in [3.63, 3.8) is 0 Å². The molecule has 0 spiro atoms. The summed E-state index contributed by atoms with van der Waals surface area (Å²) in [5.74, 6) is -1.57. The number of rotatable bonds is 6. The van der Waals surface area contributed by atoms with Gasteiger partial charge in [0.15, 0.2) is 5.54 Å². The van der Waals surface area contributed by atoms with Gasteiger partial charge in [0, 0.05) is 17.4 Å². The molecule has 150 valence electrons. The van der Waals surface area contributed by atoms with Crippen molar-refractivity contribution in [2.45, 2.75) is 44.1 Å². The molecule has 1 aliphatic heterocycles. The van der Waals surface area contributed by atoms with Crippen molar-refractivity contribution in [2.24, 2.45) is 11.8 Å². The number of benzene rings is 1. The molecule has 0 aromatic heterocycles. The van der Waals surface area contributed by atoms with E-state index in [1.54, 1.807) is 44.2 Å². The topological polar surface area (TPSA) is 103 Å². The number of hydrogen-bond acceptors (Lipinski definition) is 7. The number of nitrogens with one attached hydrogen (secondary N) is 1. The summed E-state index contributed by atoms with van der Waals surface area (Å²) in [5.41, 5.74) is -1.10. The minimum atomic E-state index is -1.50. The molecule has 1 aromatic rings. The highest BCUT2D eigenvalue weighted by atomic mass is 16.7. The van der Waals surface area contributed by atoms with Gasteiger partial charge in [0.2, 0.25) is 0 Å². The molecular weight excluding hydrogens is 366 g/mol. The van der Waals surface area contributed by atoms with Gasteiger partial charge in [0.25, 0.3) is 5.91 Å². The van der Waals surface area contributed by atoms with Crippen molar-refractivity contribution >= 4 is 18.0 Å². The van der Waals surface area contributed by atoms with Crippen molar-refractivity contribution < 1.29 is 33.3 Å². The minimum Gasteiger partial charge on any atom is -0.464 e. The average Bonchev–Trinajstić information content (AvgIpc) is 3.32. The van der Waals surface area contributed by atoms with Crippen LogP contribution in [0.15, 0.2) is 30.3 Å². The van der Waals surface area contributed by atoms with Gasteiger partial charge in [-0.25, -0.2) is 9.59 Å². The third kappa shape index (κ3) is 2.83. The van der Waals surface area contributed by atoms with Gasteiger partial charge in [0.1, 0.15) is 6.10 Å². The fraction of sp³-hybridized carbons (Fsp3) is 0.550. The molecular formula is C20H23NO7. The molecule has 28 heavy (non-hydrogen) atoms. The Morgan fingerprint density at radius 3 is 2.50 bits per heavy atom. The first kappa shape index (κ1) is 18.7. The maximum absolute atomic E-state index is 13.1. The monoisotopic (exact) mass is 389 g/mol. The zero-order valence-corrected chi connectivity index (χ0v) is 15.8. The number of fused-ring (bicyclic) bond motifs is 5. The molecule has 3 aliphatic rings. The van der Waals surface area contributed by atoms with Crippen molar-refractivity contribution in [1.29, 1.82) is 0 Å². The quantitative estimate of drug-likeness (QED) is 0.583. The van der Waals surface area contributed by atoms with E-state index in [-0.39, 0.29) is 37.3 Å². The van der Waals surface area contributed by atoms with E-state index in [1.165, 1.54) is 0 Å². The molecule has 8 nitrogen and oxygen atoms in total. The Hall–Kier alpha value is -2.61. The number of esters is 1. The number of ether oxygens (including phenoxy) is 4. The third-order valence-corrected chi connectivity index (χ3v) is 5.78. The highest BCUT2D eigenvalue weighted by Gasteiger charge is 2.78. The van der Waals surface area contributed by atoms with E-state index < -0.39 is 29.7 Å². The van der Waals surface area contributed by atoms with Crippen LogP contribution in [0.4, 0.5) is 4.79 Å². The fourth-order valence-electron chi connectivity index (χ4n) is 4.67. The summed E-state index contributed by atoms with van der Waals surface area (Å²) in [6.45, 7) is 3.64. The molecule has 2 aliphatic carbocycles. The molecule has 6 atom stereocenters. The van der Waals surface area contributed by atoms with Crippen molar-refractivity contribution in [3.8, 4) is 0 Å². The van der Waals surface area contributed by atoms with Crippen LogP contribution in [0.25, 0.3) is 0 Å². The molecule has 4 rings (SSSR count). The summed E-state index contributed by atoms with van der Waals surface area (Å²) in [6, 6.07) is 8.57. The third-order valence-electron chi connectivity index (χ3n) is 5.78. The molecule has 0 radical (unpaired) electrons. The van der Waals surface area contributed by atoms with Gasteiger partial charge in [-0.2, -0.15) is 0 Å². The van der Waals surface area contributed by atoms with E-state index in [9.17, 15) is 14.4 Å². The van der Waals surface area contributed by atoms with E-state index in [2.05, 4.69) is 5.32 Å². The molecule has 3 fully saturated rings. The Morgan fingerprint density at radius 2 is 1.82 bits per heavy atom. The molecule has 2 saturated carbocycles. The molecule has 1 N–H and O–H groups in total. The Kier molecular flexibility index (Phi) is 4.74. The molecule has 2 bridgehead atoms. The van der Waals surface area contributed by atoms with E-state index in [0.29, 0.717) is 12.0 Å². The van der Waals surface area contributed by atoms with Gasteiger partial charge >= 0.3 is 12.1 Å². The molecule has 8 heteroatoms. The fourth-order valence-corrected chi connectivity index (χ4v) is 4.67. The molecule has 1 amide bonds. The average molecular weight is 389 g/mol. The number of hydrogen-bond donors (Lipinski definition) is 1. The molecule has 1 heterocycles. The SMILES string of the molecule is CCOC(=O)O[C@@H]1[C@@H]2C[C@@H]([C@H]3O[C@@H]23)[C@@]1(NC(=O)c1ccccc1)C(=O)OCC. The maximum Gasteiger partial charge on any atom is 0.508 e. The van der Waals surface area contributed by atoms with E-state index >= 15 is 0 Å². The normalized spacial score (nSPS) is 34.3. The predicted molar refractivity (Wildman–Crippen MR) is 95.4 cm³/mol. The van der Waals surface area contributed by atoms with Crippen molar-refractivity contribution in [3.05, 3.63) is 35.9 Å². The Morgan fingerprint density at radius 1 is 1.11 bits per heavy atom. The van der Waals surface area contributed by atoms with Crippen LogP contribution in [0.5, 0.6) is 0 Å². The van der Waals surface area contributed by atoms with Crippen LogP contribution in [0.1, 0.15) is 30.6 Å². The Balaban J connectivity index is 1.69. The lowest BCUT2D eigenvalue weighted by Gasteiger charge is -2.39. The van der Waals surface area contributed by atoms with Gasteiger partial charge < -0.3 is 24.3 Å². The number of epoxide rings is 1. The zero-order chi connectivity index (χ0) is 19.9. The standard InChI is InChI=1S/C20H23NO7/c1-3-25-18(23)20(21-17(22)11-8-6-5-7-9-11)13-10-12(14-15(13)27-14)16(20)28-19(24)26-4-2/h5-9,12-16H,3-4,10H2,1-2H3,(H,21,22)/t12-,13+,14+,15-,16-,20+/m1/s1. The minimum absolute atomic E-state index is 0.0689. The summed E-state index contributed by atoms with van der Waals surface area (Å²) in [6.07, 6.45) is -1.40. The van der Waals surface area contributed by atoms with Crippen LogP contribution >= 0.6 is 0 Å². The Labute approximate surface area is 162 Å². The van der Waals surface area contributed by atoms with E-state index in [1.807, 2.05) is 0 Å². The first-order chi connectivity index (χ1) is 13.5. The van der Waals surface area contributed by atoms with Gasteiger partial charge in [-0.1, -0.05) is 18.2 Å². The lowest BCUT2D eigenvalue weighted by molar-refractivity contribution is -0.159. The highest BCUT2D eigenvalue weighted by Crippen LogP contribution is 2.61. The van der Waals surface area contributed by atoms with Crippen LogP contribution in [0.3, 0.4) is 0 Å². The van der Waals surface area contributed by atoms with E-state index in [4.69, 9.17) is 18.9 Å². The summed E-state index contributed by atoms with van der Waals surface area (Å²) in [4.78, 5) is 38.1. The van der Waals surface area contributed by atoms with Crippen molar-refractivity contribution in [2.75, 3.05) is 13.2 Å². The van der Waals surface area contributed by atoms with Crippen molar-refractivity contribution in [1.82, 2.24) is 5.32 Å². The van der Waals surface area contributed by atoms with Gasteiger partial charge in [-0.3, -0.25) is 4.79 Å². The highest BCUT2D eigenvalue weighted by molar-refractivity contribution is 5.99. The predicted octanol–water partition coefficient (Wildman–Crippen LogP) is 1.68. The van der Waals surface area contributed by atoms with Gasteiger partial charge in [0.05, 0.1) is 25.4 Å². The second kappa shape index (κ2) is 7.09. The maximum atomic E-state index is 13.1. The lowest BCUT2D eigenvalue weighted by atomic mass is 9.78. The summed E-state index contributed by atoms with van der Waals surface area (Å²) in [7, 11) is 0. The summed E-state index contributed by atoms with van der Waals surface area (Å²) in [5, 5.41) is 2.85. The molecule has 0 unspecified atom stereocenters. The lowest BCUT2D eigenvalue weighted by Crippen LogP contribution is -2.68. The number of amides is 1. The second-order valence-electron chi connectivity index (χ2n) is 7.20. The van der Waals surface area contributed by atoms with Gasteiger partial charge in [-0.15, -0.1) is 0 Å². The van der Waals surface area contributed by atoms with Crippen LogP contribution in [-0.2, 0) is 23.7 Å². The Bertz CT molecular complexity index is 782. The largest absolute Gasteiger partial charge is 0.508 e. The van der Waals surface area contributed by atoms with Crippen LogP contribution in [-0.4, -0.2) is 55.1 Å². The van der Waals surface area contributed by atoms with Crippen LogP contribution in [0.2, 0.25) is 0 Å². The number of carbonyl (C=O) groups is 3. The van der Waals surface area contributed by atoms with Gasteiger partial charge in [-0.05, 0) is 32.4 Å².